The standard InChI is InChI=1S/C18H22ClFN4O/c19-15-2-1-12(20)9-13(15)11-4-7-24(8-5-11)18(25)17-14-10-21-6-3-16(14)22-23-17/h1-2,9,11,18,21,25H,3-8,10H2,(H,22,23). The Morgan fingerprint density at radius 2 is 2.12 bits per heavy atom. The third-order valence-corrected chi connectivity index (χ3v) is 5.70. The van der Waals surface area contributed by atoms with Gasteiger partial charge < -0.3 is 10.4 Å². The highest BCUT2D eigenvalue weighted by atomic mass is 35.5. The molecule has 3 heterocycles. The predicted molar refractivity (Wildman–Crippen MR) is 93.9 cm³/mol. The van der Waals surface area contributed by atoms with Crippen molar-refractivity contribution in [2.24, 2.45) is 0 Å². The van der Waals surface area contributed by atoms with E-state index in [9.17, 15) is 9.50 Å². The van der Waals surface area contributed by atoms with Gasteiger partial charge in [0.2, 0.25) is 0 Å². The fraction of sp³-hybridized carbons (Fsp3) is 0.500. The SMILES string of the molecule is OC(c1n[nH]c2c1CNCC2)N1CCC(c2cc(F)ccc2Cl)CC1. The van der Waals surface area contributed by atoms with Crippen molar-refractivity contribution in [1.29, 1.82) is 0 Å². The molecule has 0 radical (unpaired) electrons. The van der Waals surface area contributed by atoms with E-state index in [1.165, 1.54) is 12.1 Å². The van der Waals surface area contributed by atoms with Crippen LogP contribution < -0.4 is 5.32 Å². The van der Waals surface area contributed by atoms with E-state index in [1.54, 1.807) is 6.07 Å². The van der Waals surface area contributed by atoms with Crippen molar-refractivity contribution < 1.29 is 9.50 Å². The Kier molecular flexibility index (Phi) is 4.78. The monoisotopic (exact) mass is 364 g/mol. The summed E-state index contributed by atoms with van der Waals surface area (Å²) in [7, 11) is 0. The first-order chi connectivity index (χ1) is 12.1. The smallest absolute Gasteiger partial charge is 0.152 e. The number of fused-ring (bicyclic) bond motifs is 1. The van der Waals surface area contributed by atoms with Crippen LogP contribution in [0.5, 0.6) is 0 Å². The second-order valence-corrected chi connectivity index (χ2v) is 7.25. The number of aromatic nitrogens is 2. The molecule has 2 aliphatic heterocycles. The lowest BCUT2D eigenvalue weighted by Gasteiger charge is -2.35. The summed E-state index contributed by atoms with van der Waals surface area (Å²) in [5.41, 5.74) is 3.81. The first kappa shape index (κ1) is 17.0. The summed E-state index contributed by atoms with van der Waals surface area (Å²) >= 11 is 6.24. The van der Waals surface area contributed by atoms with Crippen molar-refractivity contribution >= 4 is 11.6 Å². The molecular weight excluding hydrogens is 343 g/mol. The summed E-state index contributed by atoms with van der Waals surface area (Å²) < 4.78 is 13.5. The number of piperidine rings is 1. The molecule has 2 aromatic rings. The minimum absolute atomic E-state index is 0.224. The zero-order valence-electron chi connectivity index (χ0n) is 13.9. The molecule has 1 saturated heterocycles. The number of rotatable bonds is 3. The second kappa shape index (κ2) is 7.03. The van der Waals surface area contributed by atoms with Gasteiger partial charge in [0.15, 0.2) is 6.23 Å². The highest BCUT2D eigenvalue weighted by Gasteiger charge is 2.30. The molecule has 25 heavy (non-hydrogen) atoms. The van der Waals surface area contributed by atoms with E-state index in [0.717, 1.165) is 68.0 Å². The van der Waals surface area contributed by atoms with Gasteiger partial charge in [-0.05, 0) is 42.5 Å². The van der Waals surface area contributed by atoms with E-state index in [4.69, 9.17) is 11.6 Å². The molecular formula is C18H22ClFN4O. The minimum atomic E-state index is -0.705. The largest absolute Gasteiger partial charge is 0.372 e. The van der Waals surface area contributed by atoms with Crippen LogP contribution >= 0.6 is 11.6 Å². The minimum Gasteiger partial charge on any atom is -0.372 e. The van der Waals surface area contributed by atoms with Crippen molar-refractivity contribution in [3.8, 4) is 0 Å². The van der Waals surface area contributed by atoms with Crippen LogP contribution in [-0.2, 0) is 13.0 Å². The Morgan fingerprint density at radius 1 is 1.32 bits per heavy atom. The average Bonchev–Trinajstić information content (AvgIpc) is 3.07. The lowest BCUT2D eigenvalue weighted by Crippen LogP contribution is -2.37. The van der Waals surface area contributed by atoms with E-state index in [1.807, 2.05) is 4.90 Å². The van der Waals surface area contributed by atoms with Crippen LogP contribution in [0, 0.1) is 5.82 Å². The zero-order valence-corrected chi connectivity index (χ0v) is 14.7. The normalized spacial score (nSPS) is 20.4. The maximum atomic E-state index is 13.5. The maximum absolute atomic E-state index is 13.5. The third kappa shape index (κ3) is 3.31. The fourth-order valence-corrected chi connectivity index (χ4v) is 4.19. The van der Waals surface area contributed by atoms with Gasteiger partial charge in [0, 0.05) is 48.9 Å². The molecule has 5 nitrogen and oxygen atoms in total. The molecule has 1 aromatic carbocycles. The molecule has 1 fully saturated rings. The number of benzene rings is 1. The van der Waals surface area contributed by atoms with Crippen LogP contribution in [0.4, 0.5) is 4.39 Å². The van der Waals surface area contributed by atoms with Gasteiger partial charge in [0.05, 0.1) is 0 Å². The Bertz CT molecular complexity index is 758. The molecule has 0 bridgehead atoms. The number of nitrogens with one attached hydrogen (secondary N) is 2. The van der Waals surface area contributed by atoms with Crippen molar-refractivity contribution in [2.75, 3.05) is 19.6 Å². The second-order valence-electron chi connectivity index (χ2n) is 6.84. The van der Waals surface area contributed by atoms with Crippen LogP contribution in [0.25, 0.3) is 0 Å². The fourth-order valence-electron chi connectivity index (χ4n) is 3.92. The molecule has 4 rings (SSSR count). The molecule has 3 N–H and O–H groups in total. The van der Waals surface area contributed by atoms with Gasteiger partial charge in [0.1, 0.15) is 11.5 Å². The Labute approximate surface area is 151 Å². The van der Waals surface area contributed by atoms with Gasteiger partial charge in [0.25, 0.3) is 0 Å². The van der Waals surface area contributed by atoms with Crippen molar-refractivity contribution in [2.45, 2.75) is 38.0 Å². The van der Waals surface area contributed by atoms with Gasteiger partial charge in [-0.15, -0.1) is 0 Å². The molecule has 0 saturated carbocycles. The molecule has 7 heteroatoms. The lowest BCUT2D eigenvalue weighted by molar-refractivity contribution is -0.0168. The molecule has 2 aliphatic rings. The summed E-state index contributed by atoms with van der Waals surface area (Å²) in [5, 5.41) is 22.1. The number of likely N-dealkylation sites (tertiary alicyclic amines) is 1. The molecule has 0 spiro atoms. The van der Waals surface area contributed by atoms with Gasteiger partial charge in [-0.2, -0.15) is 5.10 Å². The van der Waals surface area contributed by atoms with Crippen LogP contribution in [0.3, 0.4) is 0 Å². The van der Waals surface area contributed by atoms with E-state index in [-0.39, 0.29) is 11.7 Å². The van der Waals surface area contributed by atoms with Gasteiger partial charge in [-0.3, -0.25) is 10.00 Å². The number of hydrogen-bond acceptors (Lipinski definition) is 4. The van der Waals surface area contributed by atoms with Crippen molar-refractivity contribution in [1.82, 2.24) is 20.4 Å². The van der Waals surface area contributed by atoms with Crippen molar-refractivity contribution in [3.05, 3.63) is 51.6 Å². The Balaban J connectivity index is 1.45. The van der Waals surface area contributed by atoms with E-state index in [2.05, 4.69) is 15.5 Å². The Hall–Kier alpha value is -1.47. The summed E-state index contributed by atoms with van der Waals surface area (Å²) in [5.74, 6) is -0.0288. The number of H-pyrrole nitrogens is 1. The number of halogens is 2. The van der Waals surface area contributed by atoms with Gasteiger partial charge in [-0.25, -0.2) is 4.39 Å². The first-order valence-electron chi connectivity index (χ1n) is 8.77. The summed E-state index contributed by atoms with van der Waals surface area (Å²) in [4.78, 5) is 2.04. The predicted octanol–water partition coefficient (Wildman–Crippen LogP) is 2.72. The first-order valence-corrected chi connectivity index (χ1v) is 9.15. The number of hydrogen-bond donors (Lipinski definition) is 3. The van der Waals surface area contributed by atoms with Crippen LogP contribution in [-0.4, -0.2) is 39.8 Å². The third-order valence-electron chi connectivity index (χ3n) is 5.36. The Morgan fingerprint density at radius 3 is 2.92 bits per heavy atom. The molecule has 1 unspecified atom stereocenters. The summed E-state index contributed by atoms with van der Waals surface area (Å²) in [6, 6.07) is 4.55. The van der Waals surface area contributed by atoms with E-state index >= 15 is 0 Å². The lowest BCUT2D eigenvalue weighted by atomic mass is 9.89. The number of aliphatic hydroxyl groups excluding tert-OH is 1. The number of aromatic amines is 1. The molecule has 0 amide bonds. The number of aliphatic hydroxyl groups is 1. The van der Waals surface area contributed by atoms with Crippen LogP contribution in [0.15, 0.2) is 18.2 Å². The highest BCUT2D eigenvalue weighted by molar-refractivity contribution is 6.31. The molecule has 1 aromatic heterocycles. The summed E-state index contributed by atoms with van der Waals surface area (Å²) in [6.07, 6.45) is 1.88. The topological polar surface area (TPSA) is 64.2 Å². The molecule has 134 valence electrons. The number of nitrogens with zero attached hydrogens (tertiary/aromatic N) is 2. The quantitative estimate of drug-likeness (QED) is 0.783. The summed E-state index contributed by atoms with van der Waals surface area (Å²) in [6.45, 7) is 3.14. The molecule has 1 atom stereocenters. The van der Waals surface area contributed by atoms with Crippen LogP contribution in [0.1, 0.15) is 47.5 Å². The van der Waals surface area contributed by atoms with Gasteiger partial charge in [-0.1, -0.05) is 11.6 Å². The highest BCUT2D eigenvalue weighted by Crippen LogP contribution is 2.35. The van der Waals surface area contributed by atoms with E-state index in [0.29, 0.717) is 5.02 Å². The zero-order chi connectivity index (χ0) is 17.4. The van der Waals surface area contributed by atoms with Crippen LogP contribution in [0.2, 0.25) is 5.02 Å². The maximum Gasteiger partial charge on any atom is 0.152 e. The van der Waals surface area contributed by atoms with Gasteiger partial charge >= 0.3 is 0 Å². The average molecular weight is 365 g/mol. The van der Waals surface area contributed by atoms with Crippen molar-refractivity contribution in [3.63, 3.8) is 0 Å². The van der Waals surface area contributed by atoms with E-state index < -0.39 is 6.23 Å². The molecule has 0 aliphatic carbocycles.